The molecule has 1 unspecified atom stereocenters. The van der Waals surface area contributed by atoms with Crippen molar-refractivity contribution in [2.24, 2.45) is 0 Å². The Kier molecular flexibility index (Phi) is 4.60. The minimum absolute atomic E-state index is 0.00893. The van der Waals surface area contributed by atoms with Crippen LogP contribution in [0.3, 0.4) is 0 Å². The van der Waals surface area contributed by atoms with Crippen molar-refractivity contribution in [3.8, 4) is 0 Å². The van der Waals surface area contributed by atoms with Gasteiger partial charge < -0.3 is 5.32 Å². The maximum absolute atomic E-state index is 12.6. The number of nitrogens with one attached hydrogen (secondary N) is 2. The molecule has 1 heterocycles. The summed E-state index contributed by atoms with van der Waals surface area (Å²) in [6.07, 6.45) is 9.02. The largest absolute Gasteiger partial charge is 0.309 e. The number of amides is 1. The lowest BCUT2D eigenvalue weighted by molar-refractivity contribution is -0.117. The smallest absolute Gasteiger partial charge is 0.232 e. The van der Waals surface area contributed by atoms with Gasteiger partial charge in [-0.25, -0.2) is 0 Å². The summed E-state index contributed by atoms with van der Waals surface area (Å²) in [5.74, 6) is 1.75. The van der Waals surface area contributed by atoms with Crippen LogP contribution in [0.5, 0.6) is 0 Å². The number of hydrogen-bond donors (Lipinski definition) is 2. The molecule has 2 N–H and O–H groups in total. The second kappa shape index (κ2) is 7.03. The summed E-state index contributed by atoms with van der Waals surface area (Å²) in [5, 5.41) is 10.2. The highest BCUT2D eigenvalue weighted by molar-refractivity contribution is 5.94. The highest BCUT2D eigenvalue weighted by atomic mass is 16.1. The Bertz CT molecular complexity index is 741. The van der Waals surface area contributed by atoms with Crippen LogP contribution < -0.4 is 5.32 Å². The van der Waals surface area contributed by atoms with Crippen molar-refractivity contribution in [3.63, 3.8) is 0 Å². The van der Waals surface area contributed by atoms with Crippen molar-refractivity contribution >= 4 is 11.7 Å². The average molecular weight is 337 g/mol. The van der Waals surface area contributed by atoms with E-state index in [4.69, 9.17) is 0 Å². The van der Waals surface area contributed by atoms with E-state index < -0.39 is 0 Å². The third-order valence-corrected chi connectivity index (χ3v) is 5.75. The zero-order chi connectivity index (χ0) is 17.2. The van der Waals surface area contributed by atoms with Gasteiger partial charge in [-0.2, -0.15) is 5.10 Å². The first-order chi connectivity index (χ1) is 12.2. The fraction of sp³-hybridized carbons (Fsp3) is 0.524. The van der Waals surface area contributed by atoms with Gasteiger partial charge in [-0.05, 0) is 49.7 Å². The van der Waals surface area contributed by atoms with Crippen molar-refractivity contribution in [2.45, 2.75) is 69.6 Å². The van der Waals surface area contributed by atoms with Crippen molar-refractivity contribution in [2.75, 3.05) is 5.32 Å². The fourth-order valence-corrected chi connectivity index (χ4v) is 3.91. The van der Waals surface area contributed by atoms with Gasteiger partial charge in [0.1, 0.15) is 0 Å². The summed E-state index contributed by atoms with van der Waals surface area (Å²) >= 11 is 0. The van der Waals surface area contributed by atoms with Crippen LogP contribution in [0.15, 0.2) is 30.3 Å². The minimum Gasteiger partial charge on any atom is -0.309 e. The summed E-state index contributed by atoms with van der Waals surface area (Å²) in [6, 6.07) is 10.6. The van der Waals surface area contributed by atoms with Gasteiger partial charge in [0.05, 0.1) is 5.92 Å². The molecule has 25 heavy (non-hydrogen) atoms. The summed E-state index contributed by atoms with van der Waals surface area (Å²) in [6.45, 7) is 1.98. The Balaban J connectivity index is 1.43. The van der Waals surface area contributed by atoms with E-state index >= 15 is 0 Å². The van der Waals surface area contributed by atoms with Gasteiger partial charge in [-0.3, -0.25) is 9.89 Å². The Labute approximate surface area is 149 Å². The van der Waals surface area contributed by atoms with Crippen LogP contribution in [0.2, 0.25) is 0 Å². The molecule has 1 amide bonds. The molecule has 132 valence electrons. The van der Waals surface area contributed by atoms with E-state index in [2.05, 4.69) is 39.8 Å². The molecule has 1 aromatic carbocycles. The monoisotopic (exact) mass is 337 g/mol. The van der Waals surface area contributed by atoms with Crippen LogP contribution in [0.4, 0.5) is 5.82 Å². The molecule has 4 rings (SSSR count). The van der Waals surface area contributed by atoms with Crippen LogP contribution in [0.1, 0.15) is 86.4 Å². The van der Waals surface area contributed by atoms with Gasteiger partial charge in [0.25, 0.3) is 0 Å². The molecular formula is C21H27N3O. The molecule has 0 spiro atoms. The van der Waals surface area contributed by atoms with Crippen LogP contribution in [0, 0.1) is 0 Å². The SMILES string of the molecule is CC(C(=O)Nc1cc(C2CC2)[nH]n1)c1cccc(C2CCCCC2)c1. The lowest BCUT2D eigenvalue weighted by atomic mass is 9.83. The second-order valence-corrected chi connectivity index (χ2v) is 7.70. The third-order valence-electron chi connectivity index (χ3n) is 5.75. The molecule has 0 radical (unpaired) electrons. The lowest BCUT2D eigenvalue weighted by Gasteiger charge is -2.23. The lowest BCUT2D eigenvalue weighted by Crippen LogP contribution is -2.19. The number of aromatic amines is 1. The quantitative estimate of drug-likeness (QED) is 0.799. The predicted octanol–water partition coefficient (Wildman–Crippen LogP) is 5.08. The zero-order valence-electron chi connectivity index (χ0n) is 14.9. The van der Waals surface area contributed by atoms with Gasteiger partial charge in [0, 0.05) is 17.7 Å². The molecule has 2 aliphatic rings. The van der Waals surface area contributed by atoms with E-state index in [1.807, 2.05) is 13.0 Å². The molecule has 2 aromatic rings. The van der Waals surface area contributed by atoms with Gasteiger partial charge in [-0.15, -0.1) is 0 Å². The standard InChI is InChI=1S/C21H27N3O/c1-14(21(25)22-20-13-19(23-24-20)16-10-11-16)17-8-5-9-18(12-17)15-6-3-2-4-7-15/h5,8-9,12-16H,2-4,6-7,10-11H2,1H3,(H2,22,23,24,25). The summed E-state index contributed by atoms with van der Waals surface area (Å²) in [4.78, 5) is 12.6. The normalized spacial score (nSPS) is 19.6. The Hall–Kier alpha value is -2.10. The van der Waals surface area contributed by atoms with E-state index in [1.165, 1.54) is 50.5 Å². The minimum atomic E-state index is -0.176. The Morgan fingerprint density at radius 1 is 1.12 bits per heavy atom. The summed E-state index contributed by atoms with van der Waals surface area (Å²) in [5.41, 5.74) is 3.63. The molecular weight excluding hydrogens is 310 g/mol. The third kappa shape index (κ3) is 3.78. The van der Waals surface area contributed by atoms with E-state index in [-0.39, 0.29) is 11.8 Å². The van der Waals surface area contributed by atoms with Crippen molar-refractivity contribution in [1.29, 1.82) is 0 Å². The number of rotatable bonds is 5. The van der Waals surface area contributed by atoms with E-state index in [1.54, 1.807) is 0 Å². The number of H-pyrrole nitrogens is 1. The van der Waals surface area contributed by atoms with E-state index in [0.29, 0.717) is 17.7 Å². The number of benzene rings is 1. The van der Waals surface area contributed by atoms with Gasteiger partial charge >= 0.3 is 0 Å². The zero-order valence-corrected chi connectivity index (χ0v) is 14.9. The van der Waals surface area contributed by atoms with E-state index in [9.17, 15) is 4.79 Å². The maximum atomic E-state index is 12.6. The van der Waals surface area contributed by atoms with Crippen LogP contribution in [0.25, 0.3) is 0 Å². The molecule has 2 saturated carbocycles. The molecule has 4 heteroatoms. The van der Waals surface area contributed by atoms with Crippen LogP contribution >= 0.6 is 0 Å². The average Bonchev–Trinajstić information content (AvgIpc) is 3.41. The Morgan fingerprint density at radius 2 is 1.92 bits per heavy atom. The van der Waals surface area contributed by atoms with Gasteiger partial charge in [0.2, 0.25) is 5.91 Å². The molecule has 0 aliphatic heterocycles. The van der Waals surface area contributed by atoms with Crippen LogP contribution in [-0.2, 0) is 4.79 Å². The highest BCUT2D eigenvalue weighted by Crippen LogP contribution is 2.39. The number of carbonyl (C=O) groups excluding carboxylic acids is 1. The summed E-state index contributed by atoms with van der Waals surface area (Å²) < 4.78 is 0. The molecule has 2 fully saturated rings. The number of anilines is 1. The highest BCUT2D eigenvalue weighted by Gasteiger charge is 2.26. The van der Waals surface area contributed by atoms with Crippen LogP contribution in [-0.4, -0.2) is 16.1 Å². The van der Waals surface area contributed by atoms with Gasteiger partial charge in [0.15, 0.2) is 5.82 Å². The molecule has 0 bridgehead atoms. The first-order valence-corrected chi connectivity index (χ1v) is 9.67. The first kappa shape index (κ1) is 16.4. The molecule has 4 nitrogen and oxygen atoms in total. The predicted molar refractivity (Wildman–Crippen MR) is 99.9 cm³/mol. The molecule has 1 atom stereocenters. The number of carbonyl (C=O) groups is 1. The number of nitrogens with zero attached hydrogens (tertiary/aromatic N) is 1. The second-order valence-electron chi connectivity index (χ2n) is 7.70. The van der Waals surface area contributed by atoms with Crippen molar-refractivity contribution in [3.05, 3.63) is 47.2 Å². The summed E-state index contributed by atoms with van der Waals surface area (Å²) in [7, 11) is 0. The molecule has 1 aromatic heterocycles. The van der Waals surface area contributed by atoms with Gasteiger partial charge in [-0.1, -0.05) is 43.5 Å². The molecule has 0 saturated heterocycles. The first-order valence-electron chi connectivity index (χ1n) is 9.67. The van der Waals surface area contributed by atoms with Crippen molar-refractivity contribution < 1.29 is 4.79 Å². The van der Waals surface area contributed by atoms with E-state index in [0.717, 1.165) is 11.3 Å². The number of aromatic nitrogens is 2. The molecule has 2 aliphatic carbocycles. The Morgan fingerprint density at radius 3 is 2.68 bits per heavy atom. The van der Waals surface area contributed by atoms with Crippen molar-refractivity contribution in [1.82, 2.24) is 10.2 Å². The number of hydrogen-bond acceptors (Lipinski definition) is 2. The maximum Gasteiger partial charge on any atom is 0.232 e. The topological polar surface area (TPSA) is 57.8 Å². The fourth-order valence-electron chi connectivity index (χ4n) is 3.91.